The van der Waals surface area contributed by atoms with Gasteiger partial charge in [-0.25, -0.2) is 9.48 Å². The summed E-state index contributed by atoms with van der Waals surface area (Å²) in [6.07, 6.45) is -0.872. The summed E-state index contributed by atoms with van der Waals surface area (Å²) in [6, 6.07) is 6.92. The van der Waals surface area contributed by atoms with Gasteiger partial charge in [0, 0.05) is 0 Å². The highest BCUT2D eigenvalue weighted by Crippen LogP contribution is 2.20. The van der Waals surface area contributed by atoms with E-state index in [2.05, 4.69) is 10.3 Å². The predicted octanol–water partition coefficient (Wildman–Crippen LogP) is 0.689. The van der Waals surface area contributed by atoms with Crippen LogP contribution in [0.25, 0.3) is 0 Å². The molecule has 0 saturated heterocycles. The number of benzene rings is 1. The minimum atomic E-state index is -0.872. The smallest absolute Gasteiger partial charge is 0.360 e. The fraction of sp³-hybridized carbons (Fsp3) is 0.400. The number of aliphatic hydroxyl groups excluding tert-OH is 2. The Morgan fingerprint density at radius 1 is 1.35 bits per heavy atom. The highest BCUT2D eigenvalue weighted by atomic mass is 16.5. The lowest BCUT2D eigenvalue weighted by Crippen LogP contribution is -2.15. The first-order valence-electron chi connectivity index (χ1n) is 7.13. The highest BCUT2D eigenvalue weighted by molar-refractivity contribution is 5.88. The molecule has 2 rings (SSSR count). The number of hydrogen-bond acceptors (Lipinski definition) is 7. The summed E-state index contributed by atoms with van der Waals surface area (Å²) < 4.78 is 11.2. The molecule has 0 fully saturated rings. The number of hydrogen-bond donors (Lipinski definition) is 2. The van der Waals surface area contributed by atoms with E-state index in [4.69, 9.17) is 9.47 Å². The van der Waals surface area contributed by atoms with Crippen LogP contribution < -0.4 is 4.74 Å². The van der Waals surface area contributed by atoms with Gasteiger partial charge < -0.3 is 19.7 Å². The van der Waals surface area contributed by atoms with Crippen molar-refractivity contribution in [2.75, 3.05) is 13.7 Å². The van der Waals surface area contributed by atoms with E-state index in [9.17, 15) is 15.0 Å². The normalized spacial score (nSPS) is 12.0. The molecule has 0 aliphatic carbocycles. The zero-order chi connectivity index (χ0) is 16.8. The average molecular weight is 321 g/mol. The number of nitrogens with zero attached hydrogens (tertiary/aromatic N) is 3. The lowest BCUT2D eigenvalue weighted by atomic mass is 10.1. The van der Waals surface area contributed by atoms with Gasteiger partial charge in [0.05, 0.1) is 38.7 Å². The molecule has 0 unspecified atom stereocenters. The third-order valence-electron chi connectivity index (χ3n) is 3.30. The van der Waals surface area contributed by atoms with Gasteiger partial charge in [0.25, 0.3) is 0 Å². The number of ether oxygens (including phenoxy) is 2. The zero-order valence-corrected chi connectivity index (χ0v) is 13.0. The molecule has 124 valence electrons. The fourth-order valence-corrected chi connectivity index (χ4v) is 2.09. The molecule has 0 saturated carbocycles. The molecule has 0 bridgehead atoms. The van der Waals surface area contributed by atoms with E-state index in [0.717, 1.165) is 0 Å². The van der Waals surface area contributed by atoms with Crippen molar-refractivity contribution in [3.05, 3.63) is 41.2 Å². The largest absolute Gasteiger partial charge is 0.497 e. The maximum Gasteiger partial charge on any atom is 0.360 e. The Morgan fingerprint density at radius 2 is 2.04 bits per heavy atom. The van der Waals surface area contributed by atoms with Gasteiger partial charge in [0.15, 0.2) is 5.69 Å². The molecule has 8 heteroatoms. The average Bonchev–Trinajstić information content (AvgIpc) is 2.97. The second kappa shape index (κ2) is 7.70. The first-order chi connectivity index (χ1) is 11.1. The molecule has 0 spiro atoms. The molecule has 0 radical (unpaired) electrons. The van der Waals surface area contributed by atoms with Gasteiger partial charge in [0.2, 0.25) is 0 Å². The molecule has 1 aromatic carbocycles. The summed E-state index contributed by atoms with van der Waals surface area (Å²) in [5.74, 6) is 0.0316. The van der Waals surface area contributed by atoms with Crippen LogP contribution in [0.2, 0.25) is 0 Å². The molecule has 2 aromatic rings. The van der Waals surface area contributed by atoms with Gasteiger partial charge in [-0.05, 0) is 24.6 Å². The van der Waals surface area contributed by atoms with Gasteiger partial charge in [-0.3, -0.25) is 0 Å². The van der Waals surface area contributed by atoms with Gasteiger partial charge in [0.1, 0.15) is 5.75 Å². The van der Waals surface area contributed by atoms with Crippen LogP contribution in [0.5, 0.6) is 5.75 Å². The van der Waals surface area contributed by atoms with Crippen LogP contribution in [-0.2, 0) is 17.9 Å². The minimum Gasteiger partial charge on any atom is -0.497 e. The molecule has 2 N–H and O–H groups in total. The molecule has 0 aliphatic heterocycles. The Balaban J connectivity index is 2.16. The third kappa shape index (κ3) is 3.85. The summed E-state index contributed by atoms with van der Waals surface area (Å²) in [4.78, 5) is 11.7. The number of esters is 1. The molecule has 0 aliphatic rings. The van der Waals surface area contributed by atoms with Crippen LogP contribution >= 0.6 is 0 Å². The Hall–Kier alpha value is -2.45. The topological polar surface area (TPSA) is 107 Å². The van der Waals surface area contributed by atoms with E-state index in [1.807, 2.05) is 0 Å². The molecular weight excluding hydrogens is 302 g/mol. The van der Waals surface area contributed by atoms with Crippen LogP contribution in [0.3, 0.4) is 0 Å². The Bertz CT molecular complexity index is 654. The van der Waals surface area contributed by atoms with Gasteiger partial charge in [-0.2, -0.15) is 0 Å². The monoisotopic (exact) mass is 321 g/mol. The number of carbonyl (C=O) groups excluding carboxylic acids is 1. The van der Waals surface area contributed by atoms with Gasteiger partial charge in [-0.1, -0.05) is 17.3 Å². The number of carbonyl (C=O) groups is 1. The molecule has 1 atom stereocenters. The number of aliphatic hydroxyl groups is 2. The summed E-state index contributed by atoms with van der Waals surface area (Å²) in [6.45, 7) is 1.49. The second-order valence-electron chi connectivity index (χ2n) is 4.73. The lowest BCUT2D eigenvalue weighted by Gasteiger charge is -2.13. The lowest BCUT2D eigenvalue weighted by molar-refractivity contribution is 0.0515. The molecule has 23 heavy (non-hydrogen) atoms. The van der Waals surface area contributed by atoms with Crippen molar-refractivity contribution in [3.63, 3.8) is 0 Å². The van der Waals surface area contributed by atoms with Crippen molar-refractivity contribution in [2.24, 2.45) is 0 Å². The summed E-state index contributed by atoms with van der Waals surface area (Å²) in [7, 11) is 1.56. The number of methoxy groups -OCH3 is 1. The van der Waals surface area contributed by atoms with E-state index < -0.39 is 18.7 Å². The Morgan fingerprint density at radius 3 is 2.61 bits per heavy atom. The quantitative estimate of drug-likeness (QED) is 0.722. The first-order valence-corrected chi connectivity index (χ1v) is 7.13. The van der Waals surface area contributed by atoms with Crippen molar-refractivity contribution in [3.8, 4) is 5.75 Å². The van der Waals surface area contributed by atoms with Crippen LogP contribution in [0.15, 0.2) is 24.3 Å². The van der Waals surface area contributed by atoms with E-state index in [1.54, 1.807) is 38.3 Å². The maximum absolute atomic E-state index is 11.7. The number of rotatable bonds is 7. The van der Waals surface area contributed by atoms with Crippen molar-refractivity contribution in [1.29, 1.82) is 0 Å². The van der Waals surface area contributed by atoms with E-state index >= 15 is 0 Å². The molecular formula is C15H19N3O5. The Labute approximate surface area is 133 Å². The molecule has 1 aromatic heterocycles. The van der Waals surface area contributed by atoms with Crippen molar-refractivity contribution in [2.45, 2.75) is 26.2 Å². The second-order valence-corrected chi connectivity index (χ2v) is 4.73. The van der Waals surface area contributed by atoms with Gasteiger partial charge in [-0.15, -0.1) is 5.10 Å². The van der Waals surface area contributed by atoms with Crippen LogP contribution in [0.4, 0.5) is 0 Å². The first kappa shape index (κ1) is 16.9. The third-order valence-corrected chi connectivity index (χ3v) is 3.30. The highest BCUT2D eigenvalue weighted by Gasteiger charge is 2.21. The zero-order valence-electron chi connectivity index (χ0n) is 13.0. The summed E-state index contributed by atoms with van der Waals surface area (Å²) in [5, 5.41) is 27.3. The Kier molecular flexibility index (Phi) is 5.67. The van der Waals surface area contributed by atoms with Crippen molar-refractivity contribution in [1.82, 2.24) is 15.0 Å². The van der Waals surface area contributed by atoms with Crippen LogP contribution in [0, 0.1) is 0 Å². The summed E-state index contributed by atoms with van der Waals surface area (Å²) >= 11 is 0. The SMILES string of the molecule is CCOC(=O)c1nnn(C[C@@H](O)c2ccc(OC)cc2)c1CO. The standard InChI is InChI=1S/C15H19N3O5/c1-3-23-15(21)14-12(9-19)18(17-16-14)8-13(20)10-4-6-11(22-2)7-5-10/h4-7,13,19-20H,3,8-9H2,1-2H3/t13-/m1/s1. The van der Waals surface area contributed by atoms with Crippen LogP contribution in [-0.4, -0.2) is 44.9 Å². The maximum atomic E-state index is 11.7. The number of aromatic nitrogens is 3. The molecule has 0 amide bonds. The van der Waals surface area contributed by atoms with Crippen LogP contribution in [0.1, 0.15) is 34.8 Å². The minimum absolute atomic E-state index is 0.0451. The van der Waals surface area contributed by atoms with E-state index in [-0.39, 0.29) is 24.5 Å². The summed E-state index contributed by atoms with van der Waals surface area (Å²) in [5.41, 5.74) is 0.815. The van der Waals surface area contributed by atoms with E-state index in [1.165, 1.54) is 4.68 Å². The molecule has 8 nitrogen and oxygen atoms in total. The van der Waals surface area contributed by atoms with E-state index in [0.29, 0.717) is 11.3 Å². The fourth-order valence-electron chi connectivity index (χ4n) is 2.09. The van der Waals surface area contributed by atoms with Gasteiger partial charge >= 0.3 is 5.97 Å². The van der Waals surface area contributed by atoms with Crippen molar-refractivity contribution < 1.29 is 24.5 Å². The van der Waals surface area contributed by atoms with Crippen molar-refractivity contribution >= 4 is 5.97 Å². The predicted molar refractivity (Wildman–Crippen MR) is 79.9 cm³/mol. The molecule has 1 heterocycles.